The fourth-order valence-corrected chi connectivity index (χ4v) is 2.25. The van der Waals surface area contributed by atoms with E-state index in [1.165, 1.54) is 22.3 Å². The summed E-state index contributed by atoms with van der Waals surface area (Å²) in [6.45, 7) is 4.13. The third-order valence-corrected chi connectivity index (χ3v) is 2.81. The normalized spacial score (nSPS) is 11.6. The lowest BCUT2D eigenvalue weighted by Gasteiger charge is -2.25. The minimum Gasteiger partial charge on any atom is -0.258 e. The Hall–Kier alpha value is -1.63. The molecule has 0 saturated heterocycles. The van der Waals surface area contributed by atoms with Gasteiger partial charge in [0.15, 0.2) is 0 Å². The van der Waals surface area contributed by atoms with Crippen molar-refractivity contribution < 1.29 is 0 Å². The van der Waals surface area contributed by atoms with E-state index in [1.807, 2.05) is 6.92 Å². The van der Waals surface area contributed by atoms with Crippen molar-refractivity contribution in [3.8, 4) is 22.3 Å². The Kier molecular flexibility index (Phi) is 1.35. The SMILES string of the molecule is Cc1cc2c(c(C)n1)-c1ccccc1-2. The number of pyridine rings is 1. The van der Waals surface area contributed by atoms with E-state index in [-0.39, 0.29) is 0 Å². The molecule has 1 heteroatoms. The molecule has 68 valence electrons. The monoisotopic (exact) mass is 181 g/mol. The van der Waals surface area contributed by atoms with Gasteiger partial charge in [0, 0.05) is 17.0 Å². The van der Waals surface area contributed by atoms with Crippen molar-refractivity contribution in [2.45, 2.75) is 13.8 Å². The van der Waals surface area contributed by atoms with E-state index in [0.717, 1.165) is 11.4 Å². The number of benzene rings is 1. The van der Waals surface area contributed by atoms with Gasteiger partial charge in [0.25, 0.3) is 0 Å². The van der Waals surface area contributed by atoms with Gasteiger partial charge in [-0.3, -0.25) is 4.98 Å². The zero-order valence-corrected chi connectivity index (χ0v) is 8.33. The van der Waals surface area contributed by atoms with Gasteiger partial charge in [-0.25, -0.2) is 0 Å². The molecule has 0 bridgehead atoms. The minimum atomic E-state index is 1.11. The maximum absolute atomic E-state index is 4.48. The molecule has 1 aliphatic rings. The van der Waals surface area contributed by atoms with E-state index in [2.05, 4.69) is 42.2 Å². The summed E-state index contributed by atoms with van der Waals surface area (Å²) in [5.41, 5.74) is 7.69. The van der Waals surface area contributed by atoms with E-state index >= 15 is 0 Å². The van der Waals surface area contributed by atoms with Crippen LogP contribution in [0.2, 0.25) is 0 Å². The predicted octanol–water partition coefficient (Wildman–Crippen LogP) is 3.35. The standard InChI is InChI=1S/C13H11N/c1-8-7-12-10-5-3-4-6-11(10)13(12)9(2)14-8/h3-7H,1-2H3. The topological polar surface area (TPSA) is 12.9 Å². The highest BCUT2D eigenvalue weighted by Crippen LogP contribution is 2.48. The van der Waals surface area contributed by atoms with Gasteiger partial charge in [-0.2, -0.15) is 0 Å². The number of fused-ring (bicyclic) bond motifs is 4. The fourth-order valence-electron chi connectivity index (χ4n) is 2.25. The average Bonchev–Trinajstić information content (AvgIpc) is 2.14. The lowest BCUT2D eigenvalue weighted by Crippen LogP contribution is -2.03. The van der Waals surface area contributed by atoms with Crippen LogP contribution in [0.15, 0.2) is 30.3 Å². The molecule has 0 saturated carbocycles. The molecule has 1 heterocycles. The Balaban J connectivity index is 2.33. The van der Waals surface area contributed by atoms with Crippen LogP contribution in [0, 0.1) is 13.8 Å². The molecule has 0 fully saturated rings. The van der Waals surface area contributed by atoms with Crippen LogP contribution in [0.3, 0.4) is 0 Å². The first-order chi connectivity index (χ1) is 6.77. The molecule has 0 aliphatic heterocycles. The third kappa shape index (κ3) is 0.818. The zero-order valence-electron chi connectivity index (χ0n) is 8.33. The van der Waals surface area contributed by atoms with Gasteiger partial charge < -0.3 is 0 Å². The van der Waals surface area contributed by atoms with Gasteiger partial charge >= 0.3 is 0 Å². The van der Waals surface area contributed by atoms with Crippen LogP contribution >= 0.6 is 0 Å². The van der Waals surface area contributed by atoms with Gasteiger partial charge in [-0.05, 0) is 36.6 Å². The highest BCUT2D eigenvalue weighted by Gasteiger charge is 2.24. The highest BCUT2D eigenvalue weighted by atomic mass is 14.7. The van der Waals surface area contributed by atoms with Crippen LogP contribution in [-0.2, 0) is 0 Å². The Morgan fingerprint density at radius 2 is 1.64 bits per heavy atom. The second-order valence-electron chi connectivity index (χ2n) is 3.82. The van der Waals surface area contributed by atoms with Crippen LogP contribution in [0.4, 0.5) is 0 Å². The molecule has 1 aromatic carbocycles. The second-order valence-corrected chi connectivity index (χ2v) is 3.82. The van der Waals surface area contributed by atoms with Crippen LogP contribution in [0.1, 0.15) is 11.4 Å². The molecule has 1 aliphatic carbocycles. The summed E-state index contributed by atoms with van der Waals surface area (Å²) < 4.78 is 0. The minimum absolute atomic E-state index is 1.11. The summed E-state index contributed by atoms with van der Waals surface area (Å²) in [7, 11) is 0. The van der Waals surface area contributed by atoms with E-state index in [1.54, 1.807) is 0 Å². The van der Waals surface area contributed by atoms with Gasteiger partial charge in [-0.1, -0.05) is 24.3 Å². The number of rotatable bonds is 0. The van der Waals surface area contributed by atoms with Gasteiger partial charge in [0.05, 0.1) is 0 Å². The van der Waals surface area contributed by atoms with E-state index in [0.29, 0.717) is 0 Å². The summed E-state index contributed by atoms with van der Waals surface area (Å²) in [6.07, 6.45) is 0. The molecule has 1 nitrogen and oxygen atoms in total. The van der Waals surface area contributed by atoms with E-state index in [9.17, 15) is 0 Å². The smallest absolute Gasteiger partial charge is 0.0460 e. The molecule has 3 rings (SSSR count). The maximum Gasteiger partial charge on any atom is 0.0460 e. The molecule has 0 atom stereocenters. The van der Waals surface area contributed by atoms with Crippen molar-refractivity contribution in [3.05, 3.63) is 41.7 Å². The maximum atomic E-state index is 4.48. The molecule has 0 spiro atoms. The zero-order chi connectivity index (χ0) is 9.71. The second kappa shape index (κ2) is 2.44. The number of hydrogen-bond donors (Lipinski definition) is 0. The molecular weight excluding hydrogens is 170 g/mol. The molecule has 0 N–H and O–H groups in total. The molecule has 2 aromatic rings. The molecule has 1 aromatic heterocycles. The Morgan fingerprint density at radius 3 is 2.43 bits per heavy atom. The van der Waals surface area contributed by atoms with Crippen LogP contribution < -0.4 is 0 Å². The average molecular weight is 181 g/mol. The third-order valence-electron chi connectivity index (χ3n) is 2.81. The van der Waals surface area contributed by atoms with Gasteiger partial charge in [0.2, 0.25) is 0 Å². The quantitative estimate of drug-likeness (QED) is 0.518. The van der Waals surface area contributed by atoms with Crippen LogP contribution in [0.5, 0.6) is 0 Å². The van der Waals surface area contributed by atoms with Gasteiger partial charge in [0.1, 0.15) is 0 Å². The highest BCUT2D eigenvalue weighted by molar-refractivity contribution is 6.03. The largest absolute Gasteiger partial charge is 0.258 e. The molecular formula is C13H11N. The summed E-state index contributed by atoms with van der Waals surface area (Å²) in [5, 5.41) is 0. The van der Waals surface area contributed by atoms with Gasteiger partial charge in [-0.15, -0.1) is 0 Å². The van der Waals surface area contributed by atoms with Crippen LogP contribution in [-0.4, -0.2) is 4.98 Å². The van der Waals surface area contributed by atoms with Crippen molar-refractivity contribution in [1.29, 1.82) is 0 Å². The first kappa shape index (κ1) is 7.74. The number of nitrogens with zero attached hydrogens (tertiary/aromatic N) is 1. The lowest BCUT2D eigenvalue weighted by atomic mass is 9.80. The van der Waals surface area contributed by atoms with Crippen molar-refractivity contribution in [2.24, 2.45) is 0 Å². The lowest BCUT2D eigenvalue weighted by molar-refractivity contribution is 1.12. The Labute approximate surface area is 83.4 Å². The summed E-state index contributed by atoms with van der Waals surface area (Å²) >= 11 is 0. The van der Waals surface area contributed by atoms with E-state index in [4.69, 9.17) is 0 Å². The predicted molar refractivity (Wildman–Crippen MR) is 58.1 cm³/mol. The summed E-state index contributed by atoms with van der Waals surface area (Å²) in [5.74, 6) is 0. The number of hydrogen-bond acceptors (Lipinski definition) is 1. The van der Waals surface area contributed by atoms with Crippen LogP contribution in [0.25, 0.3) is 22.3 Å². The van der Waals surface area contributed by atoms with Crippen molar-refractivity contribution in [3.63, 3.8) is 0 Å². The number of aromatic nitrogens is 1. The van der Waals surface area contributed by atoms with Crippen molar-refractivity contribution in [2.75, 3.05) is 0 Å². The Morgan fingerprint density at radius 1 is 0.929 bits per heavy atom. The summed E-state index contributed by atoms with van der Waals surface area (Å²) in [4.78, 5) is 4.48. The first-order valence-corrected chi connectivity index (χ1v) is 4.85. The van der Waals surface area contributed by atoms with Crippen molar-refractivity contribution >= 4 is 0 Å². The Bertz CT molecular complexity index is 527. The van der Waals surface area contributed by atoms with E-state index < -0.39 is 0 Å². The molecule has 0 unspecified atom stereocenters. The molecule has 14 heavy (non-hydrogen) atoms. The first-order valence-electron chi connectivity index (χ1n) is 4.85. The molecule has 0 radical (unpaired) electrons. The molecule has 0 amide bonds. The number of aryl methyl sites for hydroxylation is 2. The summed E-state index contributed by atoms with van der Waals surface area (Å²) in [6, 6.07) is 10.7. The fraction of sp³-hybridized carbons (Fsp3) is 0.154. The van der Waals surface area contributed by atoms with Crippen molar-refractivity contribution in [1.82, 2.24) is 4.98 Å².